The van der Waals surface area contributed by atoms with Crippen LogP contribution in [-0.2, 0) is 0 Å². The molecule has 0 spiro atoms. The molecule has 2 N–H and O–H groups in total. The third-order valence-corrected chi connectivity index (χ3v) is 3.16. The van der Waals surface area contributed by atoms with Gasteiger partial charge in [0.15, 0.2) is 11.6 Å². The lowest BCUT2D eigenvalue weighted by Crippen LogP contribution is -2.26. The van der Waals surface area contributed by atoms with Crippen LogP contribution >= 0.6 is 0 Å². The van der Waals surface area contributed by atoms with Gasteiger partial charge in [0.2, 0.25) is 0 Å². The highest BCUT2D eigenvalue weighted by atomic mass is 19.1. The summed E-state index contributed by atoms with van der Waals surface area (Å²) in [5.41, 5.74) is 0.126. The summed E-state index contributed by atoms with van der Waals surface area (Å²) in [6.07, 6.45) is 1.57. The number of hydrogen-bond donors (Lipinski definition) is 2. The van der Waals surface area contributed by atoms with E-state index in [1.807, 2.05) is 13.8 Å². The topological polar surface area (TPSA) is 58.6 Å². The number of benzene rings is 1. The van der Waals surface area contributed by atoms with Gasteiger partial charge in [0.1, 0.15) is 0 Å². The van der Waals surface area contributed by atoms with Gasteiger partial charge in [-0.15, -0.1) is 0 Å². The number of amides is 1. The number of carbonyl (C=O) groups is 1. The predicted octanol–water partition coefficient (Wildman–Crippen LogP) is 2.36. The smallest absolute Gasteiger partial charge is 0.251 e. The Balaban J connectivity index is 2.45. The molecule has 0 bridgehead atoms. The SMILES string of the molecule is COc1ccc(C(=O)NCCCC(C)(C)CO)cc1F. The van der Waals surface area contributed by atoms with Gasteiger partial charge in [0.05, 0.1) is 7.11 Å². The Hall–Kier alpha value is -1.62. The van der Waals surface area contributed by atoms with Crippen LogP contribution in [0.4, 0.5) is 4.39 Å². The maximum atomic E-state index is 13.5. The Morgan fingerprint density at radius 2 is 2.15 bits per heavy atom. The van der Waals surface area contributed by atoms with E-state index < -0.39 is 5.82 Å². The van der Waals surface area contributed by atoms with E-state index in [1.54, 1.807) is 0 Å². The lowest BCUT2D eigenvalue weighted by Gasteiger charge is -2.21. The molecule has 0 fully saturated rings. The first kappa shape index (κ1) is 16.4. The largest absolute Gasteiger partial charge is 0.494 e. The summed E-state index contributed by atoms with van der Waals surface area (Å²) in [4.78, 5) is 11.8. The summed E-state index contributed by atoms with van der Waals surface area (Å²) >= 11 is 0. The van der Waals surface area contributed by atoms with Crippen LogP contribution < -0.4 is 10.1 Å². The van der Waals surface area contributed by atoms with Crippen molar-refractivity contribution in [1.29, 1.82) is 0 Å². The summed E-state index contributed by atoms with van der Waals surface area (Å²) in [5.74, 6) is -0.749. The van der Waals surface area contributed by atoms with Gasteiger partial charge in [-0.2, -0.15) is 0 Å². The van der Waals surface area contributed by atoms with Gasteiger partial charge in [0, 0.05) is 18.7 Å². The molecule has 0 aliphatic carbocycles. The Labute approximate surface area is 119 Å². The zero-order valence-electron chi connectivity index (χ0n) is 12.2. The molecule has 0 unspecified atom stereocenters. The van der Waals surface area contributed by atoms with Crippen LogP contribution in [0.5, 0.6) is 5.75 Å². The molecule has 20 heavy (non-hydrogen) atoms. The van der Waals surface area contributed by atoms with Crippen molar-refractivity contribution >= 4 is 5.91 Å². The first-order chi connectivity index (χ1) is 9.39. The molecule has 1 amide bonds. The average Bonchev–Trinajstić information content (AvgIpc) is 2.43. The van der Waals surface area contributed by atoms with Crippen molar-refractivity contribution in [3.05, 3.63) is 29.6 Å². The van der Waals surface area contributed by atoms with E-state index in [2.05, 4.69) is 5.32 Å². The molecule has 0 aromatic heterocycles. The van der Waals surface area contributed by atoms with Crippen LogP contribution in [0.15, 0.2) is 18.2 Å². The lowest BCUT2D eigenvalue weighted by atomic mass is 9.89. The van der Waals surface area contributed by atoms with Crippen LogP contribution in [0.25, 0.3) is 0 Å². The molecule has 1 aromatic rings. The highest BCUT2D eigenvalue weighted by Gasteiger charge is 2.16. The van der Waals surface area contributed by atoms with E-state index in [1.165, 1.54) is 19.2 Å². The van der Waals surface area contributed by atoms with E-state index in [0.29, 0.717) is 6.54 Å². The minimum Gasteiger partial charge on any atom is -0.494 e. The molecule has 5 heteroatoms. The van der Waals surface area contributed by atoms with E-state index in [9.17, 15) is 9.18 Å². The summed E-state index contributed by atoms with van der Waals surface area (Å²) < 4.78 is 18.3. The summed E-state index contributed by atoms with van der Waals surface area (Å²) in [5, 5.41) is 11.9. The van der Waals surface area contributed by atoms with E-state index in [0.717, 1.165) is 18.9 Å². The molecule has 0 aliphatic heterocycles. The van der Waals surface area contributed by atoms with Gasteiger partial charge in [-0.05, 0) is 36.5 Å². The highest BCUT2D eigenvalue weighted by molar-refractivity contribution is 5.94. The summed E-state index contributed by atoms with van der Waals surface area (Å²) in [6, 6.07) is 4.11. The normalized spacial score (nSPS) is 11.2. The van der Waals surface area contributed by atoms with Crippen molar-refractivity contribution in [2.45, 2.75) is 26.7 Å². The molecular formula is C15H22FNO3. The number of aliphatic hydroxyl groups excluding tert-OH is 1. The van der Waals surface area contributed by atoms with Crippen molar-refractivity contribution in [2.24, 2.45) is 5.41 Å². The molecule has 1 aromatic carbocycles. The second-order valence-corrected chi connectivity index (χ2v) is 5.53. The quantitative estimate of drug-likeness (QED) is 0.755. The zero-order chi connectivity index (χ0) is 15.2. The van der Waals surface area contributed by atoms with Crippen LogP contribution in [-0.4, -0.2) is 31.3 Å². The second-order valence-electron chi connectivity index (χ2n) is 5.53. The van der Waals surface area contributed by atoms with E-state index >= 15 is 0 Å². The summed E-state index contributed by atoms with van der Waals surface area (Å²) in [7, 11) is 1.38. The number of methoxy groups -OCH3 is 1. The monoisotopic (exact) mass is 283 g/mol. The molecule has 4 nitrogen and oxygen atoms in total. The van der Waals surface area contributed by atoms with Crippen LogP contribution in [0.3, 0.4) is 0 Å². The van der Waals surface area contributed by atoms with Gasteiger partial charge in [-0.3, -0.25) is 4.79 Å². The molecule has 0 atom stereocenters. The minimum atomic E-state index is -0.554. The fraction of sp³-hybridized carbons (Fsp3) is 0.533. The molecular weight excluding hydrogens is 261 g/mol. The predicted molar refractivity (Wildman–Crippen MR) is 75.4 cm³/mol. The van der Waals surface area contributed by atoms with Crippen LogP contribution in [0, 0.1) is 11.2 Å². The third kappa shape index (κ3) is 4.81. The molecule has 0 heterocycles. The van der Waals surface area contributed by atoms with Crippen LogP contribution in [0.2, 0.25) is 0 Å². The number of carbonyl (C=O) groups excluding carboxylic acids is 1. The maximum Gasteiger partial charge on any atom is 0.251 e. The lowest BCUT2D eigenvalue weighted by molar-refractivity contribution is 0.0948. The first-order valence-electron chi connectivity index (χ1n) is 6.62. The van der Waals surface area contributed by atoms with Gasteiger partial charge in [0.25, 0.3) is 5.91 Å². The van der Waals surface area contributed by atoms with E-state index in [4.69, 9.17) is 9.84 Å². The second kappa shape index (κ2) is 7.24. The molecule has 0 saturated heterocycles. The Bertz CT molecular complexity index is 460. The summed E-state index contributed by atoms with van der Waals surface area (Å²) in [6.45, 7) is 4.54. The number of hydrogen-bond acceptors (Lipinski definition) is 3. The standard InChI is InChI=1S/C15H22FNO3/c1-15(2,10-18)7-4-8-17-14(19)11-5-6-13(20-3)12(16)9-11/h5-6,9,18H,4,7-8,10H2,1-3H3,(H,17,19). The molecule has 0 aliphatic rings. The molecule has 112 valence electrons. The minimum absolute atomic E-state index is 0.116. The number of ether oxygens (including phenoxy) is 1. The Morgan fingerprint density at radius 3 is 2.70 bits per heavy atom. The number of rotatable bonds is 7. The van der Waals surface area contributed by atoms with Gasteiger partial charge >= 0.3 is 0 Å². The average molecular weight is 283 g/mol. The third-order valence-electron chi connectivity index (χ3n) is 3.16. The maximum absolute atomic E-state index is 13.5. The molecule has 0 saturated carbocycles. The first-order valence-corrected chi connectivity index (χ1v) is 6.62. The van der Waals surface area contributed by atoms with Gasteiger partial charge in [-0.1, -0.05) is 13.8 Å². The van der Waals surface area contributed by atoms with Crippen molar-refractivity contribution in [3.8, 4) is 5.75 Å². The van der Waals surface area contributed by atoms with Crippen LogP contribution in [0.1, 0.15) is 37.0 Å². The number of aliphatic hydroxyl groups is 1. The number of nitrogens with one attached hydrogen (secondary N) is 1. The van der Waals surface area contributed by atoms with E-state index in [-0.39, 0.29) is 29.2 Å². The van der Waals surface area contributed by atoms with Crippen molar-refractivity contribution in [1.82, 2.24) is 5.32 Å². The number of halogens is 1. The van der Waals surface area contributed by atoms with Crippen molar-refractivity contribution in [2.75, 3.05) is 20.3 Å². The fourth-order valence-electron chi connectivity index (χ4n) is 1.76. The zero-order valence-corrected chi connectivity index (χ0v) is 12.2. The highest BCUT2D eigenvalue weighted by Crippen LogP contribution is 2.20. The van der Waals surface area contributed by atoms with Gasteiger partial charge in [-0.25, -0.2) is 4.39 Å². The van der Waals surface area contributed by atoms with Crippen molar-refractivity contribution in [3.63, 3.8) is 0 Å². The van der Waals surface area contributed by atoms with Crippen molar-refractivity contribution < 1.29 is 19.0 Å². The Kier molecular flexibility index (Phi) is 5.95. The molecule has 0 radical (unpaired) electrons. The molecule has 1 rings (SSSR count). The Morgan fingerprint density at radius 1 is 1.45 bits per heavy atom. The fourth-order valence-corrected chi connectivity index (χ4v) is 1.76. The van der Waals surface area contributed by atoms with Gasteiger partial charge < -0.3 is 15.2 Å².